The molecule has 0 fully saturated rings. The monoisotopic (exact) mass is 479 g/mol. The Hall–Kier alpha value is -0.360. The van der Waals surface area contributed by atoms with E-state index in [4.69, 9.17) is 11.6 Å². The van der Waals surface area contributed by atoms with Crippen molar-refractivity contribution in [3.63, 3.8) is 0 Å². The zero-order chi connectivity index (χ0) is 14.7. The Balaban J connectivity index is 2.28. The predicted octanol–water partition coefficient (Wildman–Crippen LogP) is 5.97. The molecule has 1 N–H and O–H groups in total. The van der Waals surface area contributed by atoms with Crippen molar-refractivity contribution in [1.82, 2.24) is 0 Å². The number of anilines is 1. The van der Waals surface area contributed by atoms with Crippen molar-refractivity contribution < 1.29 is 4.79 Å². The Morgan fingerprint density at radius 2 is 1.75 bits per heavy atom. The number of halogens is 4. The zero-order valence-electron chi connectivity index (χ0n) is 10.1. The van der Waals surface area contributed by atoms with Gasteiger partial charge >= 0.3 is 0 Å². The molecular formula is C14H9Br3ClNO. The van der Waals surface area contributed by atoms with E-state index in [0.717, 1.165) is 19.0 Å². The second-order valence-electron chi connectivity index (χ2n) is 4.03. The average molecular weight is 482 g/mol. The van der Waals surface area contributed by atoms with Crippen molar-refractivity contribution in [2.45, 2.75) is 5.88 Å². The van der Waals surface area contributed by atoms with Gasteiger partial charge in [-0.25, -0.2) is 0 Å². The summed E-state index contributed by atoms with van der Waals surface area (Å²) < 4.78 is 2.50. The van der Waals surface area contributed by atoms with Gasteiger partial charge in [0.2, 0.25) is 0 Å². The minimum absolute atomic E-state index is 0.180. The summed E-state index contributed by atoms with van der Waals surface area (Å²) in [5, 5.41) is 2.88. The van der Waals surface area contributed by atoms with E-state index in [1.165, 1.54) is 0 Å². The number of alkyl halides is 1. The normalized spacial score (nSPS) is 10.4. The maximum Gasteiger partial charge on any atom is 0.255 e. The van der Waals surface area contributed by atoms with Crippen LogP contribution >= 0.6 is 59.4 Å². The first-order valence-electron chi connectivity index (χ1n) is 5.62. The average Bonchev–Trinajstić information content (AvgIpc) is 2.42. The molecule has 0 saturated heterocycles. The fourth-order valence-corrected chi connectivity index (χ4v) is 4.27. The minimum atomic E-state index is -0.180. The molecule has 0 aliphatic heterocycles. The van der Waals surface area contributed by atoms with E-state index in [2.05, 4.69) is 53.1 Å². The van der Waals surface area contributed by atoms with Crippen LogP contribution in [0.25, 0.3) is 0 Å². The van der Waals surface area contributed by atoms with Gasteiger partial charge in [-0.05, 0) is 61.7 Å². The van der Waals surface area contributed by atoms with E-state index in [1.54, 1.807) is 12.1 Å². The van der Waals surface area contributed by atoms with Crippen LogP contribution in [-0.2, 0) is 5.88 Å². The topological polar surface area (TPSA) is 29.1 Å². The van der Waals surface area contributed by atoms with Gasteiger partial charge in [-0.15, -0.1) is 11.6 Å². The fourth-order valence-electron chi connectivity index (χ4n) is 1.64. The van der Waals surface area contributed by atoms with E-state index in [-0.39, 0.29) is 5.91 Å². The molecule has 0 saturated carbocycles. The number of nitrogens with one attached hydrogen (secondary N) is 1. The highest BCUT2D eigenvalue weighted by Gasteiger charge is 2.12. The third-order valence-electron chi connectivity index (χ3n) is 2.59. The van der Waals surface area contributed by atoms with Crippen LogP contribution in [-0.4, -0.2) is 5.91 Å². The Labute approximate surface area is 147 Å². The van der Waals surface area contributed by atoms with E-state index in [0.29, 0.717) is 17.1 Å². The summed E-state index contributed by atoms with van der Waals surface area (Å²) in [7, 11) is 0. The van der Waals surface area contributed by atoms with Gasteiger partial charge in [0.05, 0.1) is 5.69 Å². The predicted molar refractivity (Wildman–Crippen MR) is 93.5 cm³/mol. The molecule has 0 aromatic heterocycles. The molecule has 1 amide bonds. The molecule has 0 spiro atoms. The van der Waals surface area contributed by atoms with Gasteiger partial charge in [0, 0.05) is 24.9 Å². The summed E-state index contributed by atoms with van der Waals surface area (Å²) in [5.41, 5.74) is 2.17. The van der Waals surface area contributed by atoms with Gasteiger partial charge in [0.15, 0.2) is 0 Å². The second kappa shape index (κ2) is 7.07. The summed E-state index contributed by atoms with van der Waals surface area (Å²) in [4.78, 5) is 12.3. The van der Waals surface area contributed by atoms with E-state index < -0.39 is 0 Å². The number of rotatable bonds is 3. The molecule has 0 bridgehead atoms. The number of hydrogen-bond acceptors (Lipinski definition) is 1. The van der Waals surface area contributed by atoms with Crippen LogP contribution < -0.4 is 5.32 Å². The van der Waals surface area contributed by atoms with Gasteiger partial charge in [-0.3, -0.25) is 4.79 Å². The van der Waals surface area contributed by atoms with Crippen LogP contribution in [0.3, 0.4) is 0 Å². The molecule has 0 radical (unpaired) electrons. The lowest BCUT2D eigenvalue weighted by Gasteiger charge is -2.11. The van der Waals surface area contributed by atoms with E-state index in [9.17, 15) is 4.79 Å². The molecule has 20 heavy (non-hydrogen) atoms. The first-order valence-corrected chi connectivity index (χ1v) is 8.53. The molecule has 2 rings (SSSR count). The number of benzene rings is 2. The van der Waals surface area contributed by atoms with Crippen LogP contribution in [0.2, 0.25) is 0 Å². The molecule has 0 aliphatic carbocycles. The lowest BCUT2D eigenvalue weighted by Crippen LogP contribution is -2.13. The zero-order valence-corrected chi connectivity index (χ0v) is 15.6. The first kappa shape index (κ1) is 16.0. The lowest BCUT2D eigenvalue weighted by molar-refractivity contribution is 0.102. The summed E-state index contributed by atoms with van der Waals surface area (Å²) in [6.07, 6.45) is 0. The molecule has 6 heteroatoms. The number of amides is 1. The third-order valence-corrected chi connectivity index (χ3v) is 4.61. The summed E-state index contributed by atoms with van der Waals surface area (Å²) in [6, 6.07) is 11.0. The van der Waals surface area contributed by atoms with Crippen molar-refractivity contribution >= 4 is 71.0 Å². The highest BCUT2D eigenvalue weighted by atomic mass is 79.9. The third kappa shape index (κ3) is 3.85. The van der Waals surface area contributed by atoms with Crippen LogP contribution in [0.15, 0.2) is 49.8 Å². The minimum Gasteiger partial charge on any atom is -0.320 e. The van der Waals surface area contributed by atoms with Crippen LogP contribution in [0.4, 0.5) is 5.69 Å². The van der Waals surface area contributed by atoms with E-state index in [1.807, 2.05) is 24.3 Å². The van der Waals surface area contributed by atoms with Gasteiger partial charge in [-0.1, -0.05) is 28.1 Å². The Kier molecular flexibility index (Phi) is 5.66. The van der Waals surface area contributed by atoms with Crippen LogP contribution in [0.1, 0.15) is 15.9 Å². The van der Waals surface area contributed by atoms with Crippen LogP contribution in [0.5, 0.6) is 0 Å². The molecule has 0 heterocycles. The molecule has 104 valence electrons. The Morgan fingerprint density at radius 3 is 2.35 bits per heavy atom. The second-order valence-corrected chi connectivity index (χ2v) is 6.92. The first-order chi connectivity index (χ1) is 9.51. The van der Waals surface area contributed by atoms with Gasteiger partial charge < -0.3 is 5.32 Å². The fraction of sp³-hybridized carbons (Fsp3) is 0.0714. The molecule has 2 aromatic rings. The summed E-state index contributed by atoms with van der Waals surface area (Å²) in [6.45, 7) is 0. The highest BCUT2D eigenvalue weighted by Crippen LogP contribution is 2.34. The molecule has 0 aliphatic rings. The van der Waals surface area contributed by atoms with E-state index >= 15 is 0 Å². The van der Waals surface area contributed by atoms with Gasteiger partial charge in [0.1, 0.15) is 0 Å². The maximum absolute atomic E-state index is 12.3. The summed E-state index contributed by atoms with van der Waals surface area (Å²) >= 11 is 16.0. The van der Waals surface area contributed by atoms with Crippen molar-refractivity contribution in [1.29, 1.82) is 0 Å². The number of carbonyl (C=O) groups excluding carboxylic acids is 1. The molecule has 0 unspecified atom stereocenters. The van der Waals surface area contributed by atoms with Crippen LogP contribution in [0, 0.1) is 0 Å². The quantitative estimate of drug-likeness (QED) is 0.537. The molecule has 2 aromatic carbocycles. The van der Waals surface area contributed by atoms with Crippen molar-refractivity contribution in [3.05, 3.63) is 60.9 Å². The Morgan fingerprint density at radius 1 is 1.10 bits per heavy atom. The molecule has 2 nitrogen and oxygen atoms in total. The SMILES string of the molecule is O=C(Nc1c(Br)cc(Br)cc1Br)c1cccc(CCl)c1. The van der Waals surface area contributed by atoms with Crippen molar-refractivity contribution in [3.8, 4) is 0 Å². The van der Waals surface area contributed by atoms with Gasteiger partial charge in [0.25, 0.3) is 5.91 Å². The number of hydrogen-bond donors (Lipinski definition) is 1. The number of carbonyl (C=O) groups is 1. The van der Waals surface area contributed by atoms with Crippen molar-refractivity contribution in [2.75, 3.05) is 5.32 Å². The molecule has 0 atom stereocenters. The lowest BCUT2D eigenvalue weighted by atomic mass is 10.1. The van der Waals surface area contributed by atoms with Gasteiger partial charge in [-0.2, -0.15) is 0 Å². The van der Waals surface area contributed by atoms with Crippen molar-refractivity contribution in [2.24, 2.45) is 0 Å². The maximum atomic E-state index is 12.3. The molecular weight excluding hydrogens is 473 g/mol. The largest absolute Gasteiger partial charge is 0.320 e. The summed E-state index contributed by atoms with van der Waals surface area (Å²) in [5.74, 6) is 0.202. The Bertz CT molecular complexity index is 638. The highest BCUT2D eigenvalue weighted by molar-refractivity contribution is 9.11. The smallest absolute Gasteiger partial charge is 0.255 e. The standard InChI is InChI=1S/C14H9Br3ClNO/c15-10-5-11(16)13(12(17)6-10)19-14(20)9-3-1-2-8(4-9)7-18/h1-6H,7H2,(H,19,20).